The number of H-pyrrole nitrogens is 2. The Morgan fingerprint density at radius 1 is 0.920 bits per heavy atom. The van der Waals surface area contributed by atoms with E-state index in [-0.39, 0.29) is 28.7 Å². The highest BCUT2D eigenvalue weighted by Gasteiger charge is 2.49. The Bertz CT molecular complexity index is 1020. The van der Waals surface area contributed by atoms with E-state index in [1.54, 1.807) is 6.07 Å². The number of hydrogen-bond donors (Lipinski definition) is 2. The molecular weight excluding hydrogens is 336 g/mol. The second-order valence-corrected chi connectivity index (χ2v) is 7.39. The first-order chi connectivity index (χ1) is 12.2. The summed E-state index contributed by atoms with van der Waals surface area (Å²) in [5.74, 6) is -0.294. The summed E-state index contributed by atoms with van der Waals surface area (Å²) in [5, 5.41) is 0.676. The molecule has 5 rings (SSSR count). The van der Waals surface area contributed by atoms with Gasteiger partial charge in [0.1, 0.15) is 5.75 Å². The fraction of sp³-hybridized carbons (Fsp3) is 0.158. The van der Waals surface area contributed by atoms with Gasteiger partial charge >= 0.3 is 11.7 Å². The highest BCUT2D eigenvalue weighted by Crippen LogP contribution is 2.57. The fourth-order valence-electron chi connectivity index (χ4n) is 3.78. The number of ether oxygens (including phenoxy) is 1. The van der Waals surface area contributed by atoms with Crippen molar-refractivity contribution in [3.05, 3.63) is 81.9 Å². The predicted molar refractivity (Wildman–Crippen MR) is 93.9 cm³/mol. The second-order valence-electron chi connectivity index (χ2n) is 6.23. The SMILES string of the molecule is O=C1Oc2ccccc2[C@H]2c3[nH]c(=O)[nH]c3S[C@H](c3ccccc3)[C@@H]12. The van der Waals surface area contributed by atoms with Crippen LogP contribution < -0.4 is 10.4 Å². The van der Waals surface area contributed by atoms with Crippen molar-refractivity contribution in [2.24, 2.45) is 5.92 Å². The van der Waals surface area contributed by atoms with Crippen LogP contribution in [0, 0.1) is 5.92 Å². The van der Waals surface area contributed by atoms with E-state index in [9.17, 15) is 9.59 Å². The van der Waals surface area contributed by atoms with Gasteiger partial charge in [-0.15, -0.1) is 0 Å². The zero-order valence-electron chi connectivity index (χ0n) is 13.1. The van der Waals surface area contributed by atoms with Crippen molar-refractivity contribution in [3.63, 3.8) is 0 Å². The summed E-state index contributed by atoms with van der Waals surface area (Å²) < 4.78 is 5.62. The Balaban J connectivity index is 1.75. The van der Waals surface area contributed by atoms with Gasteiger partial charge in [0.05, 0.1) is 21.9 Å². The molecule has 25 heavy (non-hydrogen) atoms. The summed E-state index contributed by atoms with van der Waals surface area (Å²) >= 11 is 1.51. The molecule has 0 spiro atoms. The molecule has 6 heteroatoms. The van der Waals surface area contributed by atoms with Gasteiger partial charge in [-0.1, -0.05) is 60.3 Å². The van der Waals surface area contributed by atoms with Crippen LogP contribution in [-0.2, 0) is 4.79 Å². The number of rotatable bonds is 1. The van der Waals surface area contributed by atoms with Crippen molar-refractivity contribution in [3.8, 4) is 5.75 Å². The van der Waals surface area contributed by atoms with Crippen molar-refractivity contribution in [1.29, 1.82) is 0 Å². The minimum atomic E-state index is -0.388. The number of fused-ring (bicyclic) bond motifs is 5. The van der Waals surface area contributed by atoms with Crippen molar-refractivity contribution < 1.29 is 9.53 Å². The van der Waals surface area contributed by atoms with E-state index in [1.807, 2.05) is 48.5 Å². The predicted octanol–water partition coefficient (Wildman–Crippen LogP) is 3.22. The Kier molecular flexibility index (Phi) is 3.15. The molecule has 0 saturated carbocycles. The molecule has 3 aromatic rings. The van der Waals surface area contributed by atoms with Gasteiger partial charge in [-0.3, -0.25) is 4.79 Å². The van der Waals surface area contributed by atoms with Crippen LogP contribution >= 0.6 is 11.8 Å². The lowest BCUT2D eigenvalue weighted by atomic mass is 9.77. The van der Waals surface area contributed by atoms with Gasteiger partial charge in [0.25, 0.3) is 0 Å². The maximum Gasteiger partial charge on any atom is 0.323 e. The van der Waals surface area contributed by atoms with E-state index in [4.69, 9.17) is 4.74 Å². The molecule has 2 aliphatic heterocycles. The van der Waals surface area contributed by atoms with E-state index in [0.29, 0.717) is 5.75 Å². The molecule has 0 radical (unpaired) electrons. The number of carbonyl (C=O) groups excluding carboxylic acids is 1. The average molecular weight is 350 g/mol. The summed E-state index contributed by atoms with van der Waals surface area (Å²) in [6.07, 6.45) is 0. The first-order valence-corrected chi connectivity index (χ1v) is 8.95. The van der Waals surface area contributed by atoms with Gasteiger partial charge in [0.2, 0.25) is 0 Å². The zero-order chi connectivity index (χ0) is 17.0. The minimum Gasteiger partial charge on any atom is -0.426 e. The average Bonchev–Trinajstić information content (AvgIpc) is 3.01. The zero-order valence-corrected chi connectivity index (χ0v) is 13.9. The van der Waals surface area contributed by atoms with Crippen LogP contribution in [0.1, 0.15) is 28.0 Å². The van der Waals surface area contributed by atoms with Gasteiger partial charge in [-0.25, -0.2) is 4.79 Å². The molecule has 3 atom stereocenters. The first-order valence-electron chi connectivity index (χ1n) is 8.07. The number of aromatic amines is 2. The van der Waals surface area contributed by atoms with Gasteiger partial charge < -0.3 is 14.7 Å². The Labute approximate surface area is 147 Å². The summed E-state index contributed by atoms with van der Waals surface area (Å²) in [5.41, 5.74) is 2.51. The third kappa shape index (κ3) is 2.17. The van der Waals surface area contributed by atoms with Crippen LogP contribution in [0.25, 0.3) is 0 Å². The van der Waals surface area contributed by atoms with Gasteiger partial charge in [0, 0.05) is 11.5 Å². The largest absolute Gasteiger partial charge is 0.426 e. The molecule has 2 aromatic carbocycles. The smallest absolute Gasteiger partial charge is 0.323 e. The monoisotopic (exact) mass is 350 g/mol. The first kappa shape index (κ1) is 14.6. The number of imidazole rings is 1. The van der Waals surface area contributed by atoms with E-state index >= 15 is 0 Å². The maximum absolute atomic E-state index is 12.9. The number of thioether (sulfide) groups is 1. The summed E-state index contributed by atoms with van der Waals surface area (Å²) in [4.78, 5) is 30.5. The number of benzene rings is 2. The molecule has 0 amide bonds. The normalized spacial score (nSPS) is 24.0. The van der Waals surface area contributed by atoms with E-state index < -0.39 is 0 Å². The highest BCUT2D eigenvalue weighted by atomic mass is 32.2. The van der Waals surface area contributed by atoms with Crippen LogP contribution in [0.5, 0.6) is 5.75 Å². The third-order valence-electron chi connectivity index (χ3n) is 4.83. The quantitative estimate of drug-likeness (QED) is 0.522. The van der Waals surface area contributed by atoms with Crippen molar-refractivity contribution in [2.75, 3.05) is 0 Å². The van der Waals surface area contributed by atoms with Gasteiger partial charge in [-0.05, 0) is 11.6 Å². The molecule has 0 saturated heterocycles. The lowest BCUT2D eigenvalue weighted by Gasteiger charge is -2.39. The molecule has 2 N–H and O–H groups in total. The maximum atomic E-state index is 12.9. The number of nitrogens with one attached hydrogen (secondary N) is 2. The Hall–Kier alpha value is -2.73. The third-order valence-corrected chi connectivity index (χ3v) is 6.20. The molecule has 0 unspecified atom stereocenters. The molecule has 0 aliphatic carbocycles. The van der Waals surface area contributed by atoms with Crippen LogP contribution in [0.3, 0.4) is 0 Å². The van der Waals surface area contributed by atoms with Crippen LogP contribution in [0.2, 0.25) is 0 Å². The van der Waals surface area contributed by atoms with Crippen molar-refractivity contribution >= 4 is 17.7 Å². The summed E-state index contributed by atoms with van der Waals surface area (Å²) in [7, 11) is 0. The van der Waals surface area contributed by atoms with Crippen LogP contribution in [0.15, 0.2) is 64.4 Å². The molecule has 124 valence electrons. The molecule has 0 fully saturated rings. The minimum absolute atomic E-state index is 0.119. The molecule has 1 aromatic heterocycles. The van der Waals surface area contributed by atoms with Gasteiger partial charge in [-0.2, -0.15) is 0 Å². The highest BCUT2D eigenvalue weighted by molar-refractivity contribution is 7.99. The van der Waals surface area contributed by atoms with Crippen LogP contribution in [0.4, 0.5) is 0 Å². The molecule has 0 bridgehead atoms. The number of para-hydroxylation sites is 1. The number of carbonyl (C=O) groups is 1. The van der Waals surface area contributed by atoms with E-state index in [2.05, 4.69) is 9.97 Å². The van der Waals surface area contributed by atoms with Crippen molar-refractivity contribution in [1.82, 2.24) is 9.97 Å². The van der Waals surface area contributed by atoms with Crippen LogP contribution in [-0.4, -0.2) is 15.9 Å². The summed E-state index contributed by atoms with van der Waals surface area (Å²) in [6.45, 7) is 0. The Morgan fingerprint density at radius 3 is 2.52 bits per heavy atom. The lowest BCUT2D eigenvalue weighted by molar-refractivity contribution is -0.141. The molecule has 3 heterocycles. The number of aromatic nitrogens is 2. The van der Waals surface area contributed by atoms with Gasteiger partial charge in [0.15, 0.2) is 0 Å². The standard InChI is InChI=1S/C19H14N2O3S/c22-18-14-13(11-8-4-5-9-12(11)24-18)15-17(21-19(23)20-15)25-16(14)10-6-2-1-3-7-10/h1-9,13-14,16H,(H2,20,21,23)/t13-,14+,16-/m1/s1. The van der Waals surface area contributed by atoms with E-state index in [1.165, 1.54) is 11.8 Å². The summed E-state index contributed by atoms with van der Waals surface area (Å²) in [6, 6.07) is 17.4. The van der Waals surface area contributed by atoms with Crippen molar-refractivity contribution in [2.45, 2.75) is 16.2 Å². The molecular formula is C19H14N2O3S. The Morgan fingerprint density at radius 2 is 1.68 bits per heavy atom. The molecule has 2 aliphatic rings. The molecule has 5 nitrogen and oxygen atoms in total. The topological polar surface area (TPSA) is 75.0 Å². The van der Waals surface area contributed by atoms with E-state index in [0.717, 1.165) is 21.8 Å². The second kappa shape index (κ2) is 5.39. The number of esters is 1. The lowest BCUT2D eigenvalue weighted by Crippen LogP contribution is -2.38. The fourth-order valence-corrected chi connectivity index (χ4v) is 5.20. The number of hydrogen-bond acceptors (Lipinski definition) is 4.